The van der Waals surface area contributed by atoms with Crippen LogP contribution in [0.5, 0.6) is 0 Å². The molecule has 17 heavy (non-hydrogen) atoms. The van der Waals surface area contributed by atoms with Crippen LogP contribution in [0, 0.1) is 0 Å². The number of benzene rings is 1. The van der Waals surface area contributed by atoms with Crippen LogP contribution in [0.1, 0.15) is 36.6 Å². The molecule has 0 radical (unpaired) electrons. The first-order valence-electron chi connectivity index (χ1n) is 6.21. The number of imidazole rings is 1. The molecule has 3 rings (SSSR count). The van der Waals surface area contributed by atoms with Crippen LogP contribution in [0.3, 0.4) is 0 Å². The first-order chi connectivity index (χ1) is 8.36. The Balaban J connectivity index is 1.89. The summed E-state index contributed by atoms with van der Waals surface area (Å²) >= 11 is 0. The van der Waals surface area contributed by atoms with E-state index in [0.717, 1.165) is 17.1 Å². The van der Waals surface area contributed by atoms with Crippen molar-refractivity contribution in [2.75, 3.05) is 0 Å². The molecule has 0 aliphatic heterocycles. The van der Waals surface area contributed by atoms with E-state index in [4.69, 9.17) is 5.73 Å². The van der Waals surface area contributed by atoms with Gasteiger partial charge in [0.2, 0.25) is 0 Å². The van der Waals surface area contributed by atoms with Crippen LogP contribution in [0.4, 0.5) is 0 Å². The summed E-state index contributed by atoms with van der Waals surface area (Å²) in [7, 11) is 0. The van der Waals surface area contributed by atoms with E-state index >= 15 is 0 Å². The lowest BCUT2D eigenvalue weighted by atomic mass is 9.85. The van der Waals surface area contributed by atoms with E-state index in [1.54, 1.807) is 0 Å². The second kappa shape index (κ2) is 4.34. The van der Waals surface area contributed by atoms with Crippen LogP contribution in [0.25, 0.3) is 11.3 Å². The van der Waals surface area contributed by atoms with Crippen molar-refractivity contribution < 1.29 is 0 Å². The summed E-state index contributed by atoms with van der Waals surface area (Å²) in [5.41, 5.74) is 9.08. The van der Waals surface area contributed by atoms with Gasteiger partial charge in [0, 0.05) is 12.5 Å². The molecule has 0 unspecified atom stereocenters. The first-order valence-corrected chi connectivity index (χ1v) is 6.21. The monoisotopic (exact) mass is 227 g/mol. The maximum absolute atomic E-state index is 5.66. The Morgan fingerprint density at radius 3 is 2.94 bits per heavy atom. The predicted octanol–water partition coefficient (Wildman–Crippen LogP) is 2.80. The summed E-state index contributed by atoms with van der Waals surface area (Å²) in [4.78, 5) is 7.91. The topological polar surface area (TPSA) is 54.7 Å². The Labute approximate surface area is 101 Å². The average Bonchev–Trinajstić information content (AvgIpc) is 2.76. The molecule has 0 saturated heterocycles. The Bertz CT molecular complexity index is 512. The van der Waals surface area contributed by atoms with E-state index in [9.17, 15) is 0 Å². The van der Waals surface area contributed by atoms with Crippen LogP contribution in [0.2, 0.25) is 0 Å². The molecule has 3 N–H and O–H groups in total. The van der Waals surface area contributed by atoms with Gasteiger partial charge in [-0.2, -0.15) is 0 Å². The van der Waals surface area contributed by atoms with Crippen molar-refractivity contribution >= 4 is 0 Å². The van der Waals surface area contributed by atoms with Gasteiger partial charge >= 0.3 is 0 Å². The molecule has 1 aromatic carbocycles. The summed E-state index contributed by atoms with van der Waals surface area (Å²) in [6, 6.07) is 8.31. The molecule has 1 saturated carbocycles. The lowest BCUT2D eigenvalue weighted by Crippen LogP contribution is -2.10. The van der Waals surface area contributed by atoms with Gasteiger partial charge in [-0.3, -0.25) is 0 Å². The van der Waals surface area contributed by atoms with Crippen molar-refractivity contribution in [3.63, 3.8) is 0 Å². The number of nitrogens with one attached hydrogen (secondary N) is 1. The number of H-pyrrole nitrogens is 1. The van der Waals surface area contributed by atoms with Gasteiger partial charge in [-0.1, -0.05) is 24.6 Å². The first kappa shape index (κ1) is 10.5. The molecule has 1 aromatic heterocycles. The number of hydrogen-bond acceptors (Lipinski definition) is 2. The third kappa shape index (κ3) is 1.98. The van der Waals surface area contributed by atoms with Crippen LogP contribution in [-0.2, 0) is 6.54 Å². The third-order valence-corrected chi connectivity index (χ3v) is 3.56. The fraction of sp³-hybridized carbons (Fsp3) is 0.357. The zero-order valence-corrected chi connectivity index (χ0v) is 9.82. The number of rotatable bonds is 3. The smallest absolute Gasteiger partial charge is 0.109 e. The minimum atomic E-state index is 0.581. The Morgan fingerprint density at radius 1 is 1.35 bits per heavy atom. The molecule has 0 amide bonds. The van der Waals surface area contributed by atoms with E-state index in [2.05, 4.69) is 22.1 Å². The average molecular weight is 227 g/mol. The van der Waals surface area contributed by atoms with Crippen LogP contribution in [0.15, 0.2) is 30.5 Å². The van der Waals surface area contributed by atoms with Crippen LogP contribution < -0.4 is 5.73 Å². The molecule has 1 aliphatic carbocycles. The standard InChI is InChI=1S/C14H17N3/c15-8-10-3-1-6-12(7-10)13-9-16-14(17-13)11-4-2-5-11/h1,3,6-7,9,11H,2,4-5,8,15H2,(H,16,17). The second-order valence-electron chi connectivity index (χ2n) is 4.71. The lowest BCUT2D eigenvalue weighted by molar-refractivity contribution is 0.404. The molecule has 0 bridgehead atoms. The van der Waals surface area contributed by atoms with Crippen molar-refractivity contribution in [2.45, 2.75) is 31.7 Å². The van der Waals surface area contributed by atoms with Gasteiger partial charge in [0.15, 0.2) is 0 Å². The van der Waals surface area contributed by atoms with Crippen molar-refractivity contribution in [3.8, 4) is 11.3 Å². The maximum atomic E-state index is 5.66. The Morgan fingerprint density at radius 2 is 2.24 bits per heavy atom. The number of hydrogen-bond donors (Lipinski definition) is 2. The highest BCUT2D eigenvalue weighted by atomic mass is 14.9. The molecular weight excluding hydrogens is 210 g/mol. The molecule has 3 heteroatoms. The second-order valence-corrected chi connectivity index (χ2v) is 4.71. The lowest BCUT2D eigenvalue weighted by Gasteiger charge is -2.22. The summed E-state index contributed by atoms with van der Waals surface area (Å²) in [6.45, 7) is 0.581. The molecule has 2 aromatic rings. The van der Waals surface area contributed by atoms with Gasteiger partial charge in [0.25, 0.3) is 0 Å². The van der Waals surface area contributed by atoms with Gasteiger partial charge in [-0.25, -0.2) is 4.98 Å². The van der Waals surface area contributed by atoms with Gasteiger partial charge in [-0.15, -0.1) is 0 Å². The number of nitrogens with two attached hydrogens (primary N) is 1. The summed E-state index contributed by atoms with van der Waals surface area (Å²) in [6.07, 6.45) is 5.82. The van der Waals surface area contributed by atoms with E-state index in [-0.39, 0.29) is 0 Å². The minimum absolute atomic E-state index is 0.581. The summed E-state index contributed by atoms with van der Waals surface area (Å²) in [5.74, 6) is 1.80. The largest absolute Gasteiger partial charge is 0.342 e. The number of aromatic nitrogens is 2. The van der Waals surface area contributed by atoms with Gasteiger partial charge in [0.1, 0.15) is 5.82 Å². The fourth-order valence-corrected chi connectivity index (χ4v) is 2.24. The van der Waals surface area contributed by atoms with Crippen molar-refractivity contribution in [3.05, 3.63) is 41.9 Å². The van der Waals surface area contributed by atoms with E-state index in [1.807, 2.05) is 18.3 Å². The minimum Gasteiger partial charge on any atom is -0.342 e. The molecular formula is C14H17N3. The summed E-state index contributed by atoms with van der Waals surface area (Å²) in [5, 5.41) is 0. The van der Waals surface area contributed by atoms with E-state index < -0.39 is 0 Å². The molecule has 1 fully saturated rings. The van der Waals surface area contributed by atoms with E-state index in [0.29, 0.717) is 12.5 Å². The highest BCUT2D eigenvalue weighted by Crippen LogP contribution is 2.35. The highest BCUT2D eigenvalue weighted by molar-refractivity contribution is 5.59. The van der Waals surface area contributed by atoms with Gasteiger partial charge in [-0.05, 0) is 30.0 Å². The summed E-state index contributed by atoms with van der Waals surface area (Å²) < 4.78 is 0. The Kier molecular flexibility index (Phi) is 2.69. The molecule has 0 spiro atoms. The molecule has 3 nitrogen and oxygen atoms in total. The third-order valence-electron chi connectivity index (χ3n) is 3.56. The zero-order chi connectivity index (χ0) is 11.7. The highest BCUT2D eigenvalue weighted by Gasteiger charge is 2.22. The normalized spacial score (nSPS) is 15.8. The SMILES string of the molecule is NCc1cccc(-c2cnc(C3CCC3)[nH]2)c1. The Hall–Kier alpha value is -1.61. The van der Waals surface area contributed by atoms with Crippen molar-refractivity contribution in [1.82, 2.24) is 9.97 Å². The molecule has 88 valence electrons. The molecule has 1 aliphatic rings. The molecule has 0 atom stereocenters. The quantitative estimate of drug-likeness (QED) is 0.847. The fourth-order valence-electron chi connectivity index (χ4n) is 2.24. The van der Waals surface area contributed by atoms with Crippen LogP contribution in [-0.4, -0.2) is 9.97 Å². The van der Waals surface area contributed by atoms with Gasteiger partial charge in [0.05, 0.1) is 11.9 Å². The van der Waals surface area contributed by atoms with Gasteiger partial charge < -0.3 is 10.7 Å². The maximum Gasteiger partial charge on any atom is 0.109 e. The van der Waals surface area contributed by atoms with Crippen molar-refractivity contribution in [2.24, 2.45) is 5.73 Å². The van der Waals surface area contributed by atoms with Crippen molar-refractivity contribution in [1.29, 1.82) is 0 Å². The predicted molar refractivity (Wildman–Crippen MR) is 68.5 cm³/mol. The van der Waals surface area contributed by atoms with E-state index in [1.165, 1.54) is 24.8 Å². The number of aromatic amines is 1. The number of nitrogens with zero attached hydrogens (tertiary/aromatic N) is 1. The van der Waals surface area contributed by atoms with Crippen LogP contribution >= 0.6 is 0 Å². The zero-order valence-electron chi connectivity index (χ0n) is 9.82. The molecule has 1 heterocycles.